The van der Waals surface area contributed by atoms with Gasteiger partial charge in [-0.15, -0.1) is 0 Å². The number of rotatable bonds is 2. The van der Waals surface area contributed by atoms with Crippen molar-refractivity contribution in [3.63, 3.8) is 0 Å². The molecule has 1 aliphatic heterocycles. The van der Waals surface area contributed by atoms with Gasteiger partial charge in [0.2, 0.25) is 11.8 Å². The second-order valence-electron chi connectivity index (χ2n) is 6.32. The van der Waals surface area contributed by atoms with Gasteiger partial charge in [-0.2, -0.15) is 0 Å². The molecule has 2 amide bonds. The molecule has 1 aromatic carbocycles. The molecule has 2 N–H and O–H groups in total. The van der Waals surface area contributed by atoms with Gasteiger partial charge in [0.1, 0.15) is 5.75 Å². The molecule has 1 fully saturated rings. The zero-order valence-electron chi connectivity index (χ0n) is 12.8. The third kappa shape index (κ3) is 1.92. The topological polar surface area (TPSA) is 73.4 Å². The van der Waals surface area contributed by atoms with Gasteiger partial charge in [0.05, 0.1) is 17.5 Å². The second-order valence-corrected chi connectivity index (χ2v) is 6.32. The summed E-state index contributed by atoms with van der Waals surface area (Å²) in [4.78, 5) is 30.5. The smallest absolute Gasteiger partial charge is 0.242 e. The van der Waals surface area contributed by atoms with Crippen LogP contribution in [0, 0.1) is 11.8 Å². The highest BCUT2D eigenvalue weighted by Gasteiger charge is 2.54. The summed E-state index contributed by atoms with van der Waals surface area (Å²) in [6.07, 6.45) is 3.52. The number of nitrogens with zero attached hydrogens (tertiary/aromatic N) is 1. The van der Waals surface area contributed by atoms with Crippen LogP contribution in [0.1, 0.15) is 30.5 Å². The highest BCUT2D eigenvalue weighted by molar-refractivity contribution is 6.24. The number of phenolic OH excluding ortho intramolecular Hbond substituents is 1. The number of H-pyrrole nitrogens is 1. The molecule has 5 nitrogen and oxygen atoms in total. The average Bonchev–Trinajstić information content (AvgIpc) is 3.11. The van der Waals surface area contributed by atoms with Gasteiger partial charge in [0.15, 0.2) is 0 Å². The molecule has 4 rings (SSSR count). The lowest BCUT2D eigenvalue weighted by Gasteiger charge is -2.29. The molecule has 2 aromatic rings. The van der Waals surface area contributed by atoms with E-state index in [0.29, 0.717) is 5.69 Å². The van der Waals surface area contributed by atoms with Gasteiger partial charge in [-0.3, -0.25) is 9.59 Å². The van der Waals surface area contributed by atoms with Crippen LogP contribution >= 0.6 is 0 Å². The van der Waals surface area contributed by atoms with E-state index in [-0.39, 0.29) is 29.4 Å². The number of benzene rings is 1. The Balaban J connectivity index is 1.81. The first-order valence-electron chi connectivity index (χ1n) is 7.94. The van der Waals surface area contributed by atoms with E-state index in [1.807, 2.05) is 12.3 Å². The Morgan fingerprint density at radius 3 is 2.61 bits per heavy atom. The van der Waals surface area contributed by atoms with Gasteiger partial charge in [0.25, 0.3) is 0 Å². The van der Waals surface area contributed by atoms with Gasteiger partial charge in [-0.05, 0) is 48.2 Å². The first-order valence-corrected chi connectivity index (χ1v) is 7.94. The molecule has 5 heteroatoms. The quantitative estimate of drug-likeness (QED) is 0.837. The van der Waals surface area contributed by atoms with Crippen molar-refractivity contribution in [3.05, 3.63) is 47.8 Å². The number of amides is 2. The lowest BCUT2D eigenvalue weighted by Crippen LogP contribution is -2.33. The summed E-state index contributed by atoms with van der Waals surface area (Å²) in [5, 5.41) is 9.43. The largest absolute Gasteiger partial charge is 0.508 e. The molecule has 118 valence electrons. The Kier molecular flexibility index (Phi) is 3.04. The number of carbonyl (C=O) groups excluding carboxylic acids is 2. The maximum Gasteiger partial charge on any atom is 0.242 e. The first-order chi connectivity index (χ1) is 11.1. The number of hydrogen-bond acceptors (Lipinski definition) is 3. The van der Waals surface area contributed by atoms with Crippen molar-refractivity contribution in [1.29, 1.82) is 0 Å². The fraction of sp³-hybridized carbons (Fsp3) is 0.333. The van der Waals surface area contributed by atoms with Gasteiger partial charge in [-0.25, -0.2) is 4.90 Å². The Bertz CT molecular complexity index is 778. The van der Waals surface area contributed by atoms with E-state index in [1.165, 1.54) is 17.0 Å². The number of fused-ring (bicyclic) bond motifs is 3. The Labute approximate surface area is 133 Å². The van der Waals surface area contributed by atoms with Crippen molar-refractivity contribution in [1.82, 2.24) is 4.98 Å². The van der Waals surface area contributed by atoms with Gasteiger partial charge >= 0.3 is 0 Å². The molecule has 2 heterocycles. The van der Waals surface area contributed by atoms with Crippen molar-refractivity contribution in [2.24, 2.45) is 11.8 Å². The van der Waals surface area contributed by atoms with Crippen molar-refractivity contribution in [2.45, 2.75) is 25.7 Å². The molecule has 1 aliphatic carbocycles. The van der Waals surface area contributed by atoms with Crippen LogP contribution in [0.15, 0.2) is 36.5 Å². The molecule has 0 saturated carbocycles. The number of anilines is 1. The summed E-state index contributed by atoms with van der Waals surface area (Å²) in [6, 6.07) is 8.14. The number of carbonyl (C=O) groups is 2. The lowest BCUT2D eigenvalue weighted by molar-refractivity contribution is -0.123. The minimum atomic E-state index is -0.392. The summed E-state index contributed by atoms with van der Waals surface area (Å²) in [5.74, 6) is -0.677. The Morgan fingerprint density at radius 2 is 1.91 bits per heavy atom. The van der Waals surface area contributed by atoms with Crippen LogP contribution in [-0.4, -0.2) is 21.9 Å². The maximum atomic E-state index is 13.0. The Hall–Kier alpha value is -2.56. The van der Waals surface area contributed by atoms with Crippen LogP contribution in [0.4, 0.5) is 5.69 Å². The van der Waals surface area contributed by atoms with E-state index in [0.717, 1.165) is 24.1 Å². The average molecular weight is 310 g/mol. The van der Waals surface area contributed by atoms with Crippen LogP contribution < -0.4 is 4.90 Å². The minimum Gasteiger partial charge on any atom is -0.508 e. The van der Waals surface area contributed by atoms with Gasteiger partial charge < -0.3 is 10.1 Å². The van der Waals surface area contributed by atoms with Crippen LogP contribution in [0.2, 0.25) is 0 Å². The Morgan fingerprint density at radius 1 is 1.17 bits per heavy atom. The highest BCUT2D eigenvalue weighted by Crippen LogP contribution is 2.47. The molecule has 1 saturated heterocycles. The summed E-state index contributed by atoms with van der Waals surface area (Å²) in [6.45, 7) is 2.07. The number of phenols is 1. The standard InChI is InChI=1S/C18H18N2O3/c1-2-10-9-14-13(7-8-19-14)16-15(10)17(22)20(18(16)23)11-3-5-12(21)6-4-11/h3-8,10,15-16,19,21H,2,9H2,1H3/t10-,15+,16-/m1/s1. The summed E-state index contributed by atoms with van der Waals surface area (Å²) < 4.78 is 0. The molecule has 0 unspecified atom stereocenters. The SMILES string of the molecule is CC[C@@H]1Cc2[nH]ccc2[C@H]2C(=O)N(c3ccc(O)cc3)C(=O)[C@@H]12. The number of aromatic nitrogens is 1. The van der Waals surface area contributed by atoms with E-state index < -0.39 is 5.92 Å². The predicted molar refractivity (Wildman–Crippen MR) is 85.1 cm³/mol. The zero-order chi connectivity index (χ0) is 16.1. The lowest BCUT2D eigenvalue weighted by atomic mass is 9.71. The van der Waals surface area contributed by atoms with Crippen molar-refractivity contribution < 1.29 is 14.7 Å². The van der Waals surface area contributed by atoms with E-state index in [4.69, 9.17) is 0 Å². The predicted octanol–water partition coefficient (Wildman–Crippen LogP) is 2.58. The maximum absolute atomic E-state index is 13.0. The van der Waals surface area contributed by atoms with E-state index >= 15 is 0 Å². The number of aromatic hydroxyl groups is 1. The molecule has 0 bridgehead atoms. The fourth-order valence-electron chi connectivity index (χ4n) is 4.02. The van der Waals surface area contributed by atoms with E-state index in [9.17, 15) is 14.7 Å². The van der Waals surface area contributed by atoms with Crippen LogP contribution in [0.25, 0.3) is 0 Å². The molecule has 2 aliphatic rings. The van der Waals surface area contributed by atoms with Crippen LogP contribution in [0.3, 0.4) is 0 Å². The first kappa shape index (κ1) is 14.1. The van der Waals surface area contributed by atoms with Crippen molar-refractivity contribution in [2.75, 3.05) is 4.90 Å². The van der Waals surface area contributed by atoms with E-state index in [1.54, 1.807) is 12.1 Å². The molecular weight excluding hydrogens is 292 g/mol. The van der Waals surface area contributed by atoms with Gasteiger partial charge in [-0.1, -0.05) is 13.3 Å². The van der Waals surface area contributed by atoms with Gasteiger partial charge in [0, 0.05) is 11.9 Å². The normalized spacial score (nSPS) is 26.3. The highest BCUT2D eigenvalue weighted by atomic mass is 16.3. The summed E-state index contributed by atoms with van der Waals surface area (Å²) >= 11 is 0. The van der Waals surface area contributed by atoms with Crippen molar-refractivity contribution >= 4 is 17.5 Å². The number of aromatic amines is 1. The number of nitrogens with one attached hydrogen (secondary N) is 1. The van der Waals surface area contributed by atoms with Crippen molar-refractivity contribution in [3.8, 4) is 5.75 Å². The molecule has 0 spiro atoms. The number of hydrogen-bond donors (Lipinski definition) is 2. The van der Waals surface area contributed by atoms with Crippen LogP contribution in [0.5, 0.6) is 5.75 Å². The zero-order valence-corrected chi connectivity index (χ0v) is 12.8. The molecular formula is C18H18N2O3. The molecule has 23 heavy (non-hydrogen) atoms. The number of imide groups is 1. The monoisotopic (exact) mass is 310 g/mol. The molecule has 1 aromatic heterocycles. The fourth-order valence-corrected chi connectivity index (χ4v) is 4.02. The summed E-state index contributed by atoms with van der Waals surface area (Å²) in [7, 11) is 0. The minimum absolute atomic E-state index is 0.115. The molecule has 0 radical (unpaired) electrons. The summed E-state index contributed by atoms with van der Waals surface area (Å²) in [5.41, 5.74) is 2.56. The second kappa shape index (κ2) is 4.98. The third-order valence-corrected chi connectivity index (χ3v) is 5.16. The third-order valence-electron chi connectivity index (χ3n) is 5.16. The van der Waals surface area contributed by atoms with E-state index in [2.05, 4.69) is 11.9 Å². The molecule has 3 atom stereocenters. The van der Waals surface area contributed by atoms with Crippen LogP contribution in [-0.2, 0) is 16.0 Å².